The largest absolute Gasteiger partial charge is 0.550 e. The predicted octanol–water partition coefficient (Wildman–Crippen LogP) is -0.642. The molecule has 0 aliphatic rings. The third-order valence-corrected chi connectivity index (χ3v) is 2.45. The van der Waals surface area contributed by atoms with Gasteiger partial charge < -0.3 is 20.3 Å². The number of carbonyl (C=O) groups is 1. The number of nitrogens with two attached hydrogens (primary N) is 1. The van der Waals surface area contributed by atoms with Gasteiger partial charge in [-0.3, -0.25) is 0 Å². The fraction of sp³-hybridized carbons (Fsp3) is 0.300. The molecule has 0 amide bonds. The Hall–Kier alpha value is -1.07. The molecule has 0 aliphatic heterocycles. The predicted molar refractivity (Wildman–Crippen MR) is 55.9 cm³/mol. The number of aliphatic carboxylic acids is 1. The van der Waals surface area contributed by atoms with Gasteiger partial charge in [0.25, 0.3) is 0 Å². The lowest BCUT2D eigenvalue weighted by Crippen LogP contribution is -2.83. The minimum absolute atomic E-state index is 0.0226. The maximum Gasteiger partial charge on any atom is 0.124 e. The van der Waals surface area contributed by atoms with Crippen LogP contribution < -0.4 is 10.4 Å². The van der Waals surface area contributed by atoms with E-state index in [0.717, 1.165) is 10.0 Å². The lowest BCUT2D eigenvalue weighted by molar-refractivity contribution is -0.670. The molecular formula is C10H12BrNO3. The second kappa shape index (κ2) is 5.72. The van der Waals surface area contributed by atoms with Gasteiger partial charge in [0.15, 0.2) is 0 Å². The third-order valence-electron chi connectivity index (χ3n) is 1.96. The van der Waals surface area contributed by atoms with Crippen LogP contribution in [0.5, 0.6) is 5.75 Å². The van der Waals surface area contributed by atoms with E-state index in [1.165, 1.54) is 0 Å². The average molecular weight is 274 g/mol. The van der Waals surface area contributed by atoms with Crippen molar-refractivity contribution in [3.63, 3.8) is 0 Å². The maximum absolute atomic E-state index is 10.1. The van der Waals surface area contributed by atoms with E-state index in [1.807, 2.05) is 11.4 Å². The normalized spacial score (nSPS) is 10.2. The summed E-state index contributed by atoms with van der Waals surface area (Å²) in [5.41, 5.74) is 0.780. The summed E-state index contributed by atoms with van der Waals surface area (Å²) in [6.45, 7) is 1.01. The second-order valence-corrected chi connectivity index (χ2v) is 4.09. The molecule has 0 saturated heterocycles. The Balaban J connectivity index is 2.43. The van der Waals surface area contributed by atoms with E-state index in [9.17, 15) is 15.0 Å². The standard InChI is InChI=1S/C10H12BrNO3/c11-8-1-2-9(13)7(5-8)6-12-4-3-10(14)15/h1-2,5,12-13H,3-4,6H2,(H,14,15). The molecule has 0 aromatic heterocycles. The molecule has 0 bridgehead atoms. The molecule has 0 unspecified atom stereocenters. The molecule has 82 valence electrons. The van der Waals surface area contributed by atoms with Crippen molar-refractivity contribution < 1.29 is 20.3 Å². The summed E-state index contributed by atoms with van der Waals surface area (Å²) in [6.07, 6.45) is 0.0226. The summed E-state index contributed by atoms with van der Waals surface area (Å²) in [7, 11) is 0. The molecule has 0 saturated carbocycles. The van der Waals surface area contributed by atoms with Gasteiger partial charge in [0.1, 0.15) is 12.3 Å². The van der Waals surface area contributed by atoms with Crippen LogP contribution in [0.4, 0.5) is 0 Å². The van der Waals surface area contributed by atoms with Crippen molar-refractivity contribution in [1.82, 2.24) is 0 Å². The molecular weight excluding hydrogens is 262 g/mol. The highest BCUT2D eigenvalue weighted by Crippen LogP contribution is 2.20. The molecule has 1 aromatic rings. The van der Waals surface area contributed by atoms with Crippen LogP contribution in [0.15, 0.2) is 22.7 Å². The monoisotopic (exact) mass is 273 g/mol. The van der Waals surface area contributed by atoms with E-state index in [4.69, 9.17) is 0 Å². The summed E-state index contributed by atoms with van der Waals surface area (Å²) in [5.74, 6) is -0.826. The highest BCUT2D eigenvalue weighted by molar-refractivity contribution is 9.10. The zero-order valence-corrected chi connectivity index (χ0v) is 9.66. The molecule has 5 heteroatoms. The van der Waals surface area contributed by atoms with Gasteiger partial charge in [-0.15, -0.1) is 0 Å². The van der Waals surface area contributed by atoms with Crippen molar-refractivity contribution in [3.8, 4) is 5.75 Å². The molecule has 0 heterocycles. The van der Waals surface area contributed by atoms with Gasteiger partial charge in [-0.05, 0) is 18.2 Å². The molecule has 0 fully saturated rings. The van der Waals surface area contributed by atoms with Crippen LogP contribution in [-0.4, -0.2) is 17.6 Å². The molecule has 15 heavy (non-hydrogen) atoms. The number of carbonyl (C=O) groups excluding carboxylic acids is 1. The average Bonchev–Trinajstić information content (AvgIpc) is 2.17. The number of phenolic OH excluding ortho intramolecular Hbond substituents is 1. The fourth-order valence-electron chi connectivity index (χ4n) is 1.20. The molecule has 1 rings (SSSR count). The third kappa shape index (κ3) is 4.31. The first kappa shape index (κ1) is 12.0. The zero-order chi connectivity index (χ0) is 11.3. The Labute approximate surface area is 96.1 Å². The first-order chi connectivity index (χ1) is 7.09. The Morgan fingerprint density at radius 3 is 2.93 bits per heavy atom. The molecule has 1 aromatic carbocycles. The van der Waals surface area contributed by atoms with Crippen LogP contribution >= 0.6 is 15.9 Å². The lowest BCUT2D eigenvalue weighted by atomic mass is 10.2. The number of rotatable bonds is 5. The number of carboxylic acid groups (broad SMARTS) is 1. The number of carboxylic acids is 1. The van der Waals surface area contributed by atoms with Gasteiger partial charge in [-0.2, -0.15) is 0 Å². The van der Waals surface area contributed by atoms with Gasteiger partial charge in [-0.25, -0.2) is 0 Å². The second-order valence-electron chi connectivity index (χ2n) is 3.18. The van der Waals surface area contributed by atoms with Crippen molar-refractivity contribution in [3.05, 3.63) is 28.2 Å². The molecule has 0 spiro atoms. The van der Waals surface area contributed by atoms with E-state index >= 15 is 0 Å². The Bertz CT molecular complexity index is 355. The van der Waals surface area contributed by atoms with E-state index in [0.29, 0.717) is 13.1 Å². The van der Waals surface area contributed by atoms with Crippen LogP contribution in [0.3, 0.4) is 0 Å². The van der Waals surface area contributed by atoms with Crippen LogP contribution in [0.25, 0.3) is 0 Å². The topological polar surface area (TPSA) is 77.0 Å². The Morgan fingerprint density at radius 1 is 1.53 bits per heavy atom. The minimum atomic E-state index is -1.05. The van der Waals surface area contributed by atoms with Crippen LogP contribution in [0.2, 0.25) is 0 Å². The van der Waals surface area contributed by atoms with E-state index in [1.54, 1.807) is 12.1 Å². The first-order valence-electron chi connectivity index (χ1n) is 4.58. The summed E-state index contributed by atoms with van der Waals surface area (Å²) in [6, 6.07) is 5.16. The fourth-order valence-corrected chi connectivity index (χ4v) is 1.60. The number of quaternary nitrogens is 1. The van der Waals surface area contributed by atoms with E-state index in [-0.39, 0.29) is 12.2 Å². The SMILES string of the molecule is O=C([O-])CC[NH2+]Cc1cc(Br)ccc1O. The van der Waals surface area contributed by atoms with Crippen LogP contribution in [0, 0.1) is 0 Å². The summed E-state index contributed by atoms with van der Waals surface area (Å²) in [4.78, 5) is 10.1. The molecule has 0 aliphatic carbocycles. The zero-order valence-electron chi connectivity index (χ0n) is 8.07. The molecule has 4 nitrogen and oxygen atoms in total. The van der Waals surface area contributed by atoms with E-state index in [2.05, 4.69) is 15.9 Å². The highest BCUT2D eigenvalue weighted by Gasteiger charge is 2.03. The molecule has 3 N–H and O–H groups in total. The van der Waals surface area contributed by atoms with Crippen molar-refractivity contribution in [2.45, 2.75) is 13.0 Å². The van der Waals surface area contributed by atoms with Crippen molar-refractivity contribution in [1.29, 1.82) is 0 Å². The number of phenols is 1. The lowest BCUT2D eigenvalue weighted by Gasteiger charge is -2.05. The smallest absolute Gasteiger partial charge is 0.124 e. The van der Waals surface area contributed by atoms with Gasteiger partial charge in [-0.1, -0.05) is 15.9 Å². The number of hydrogen-bond acceptors (Lipinski definition) is 3. The number of aromatic hydroxyl groups is 1. The summed E-state index contributed by atoms with van der Waals surface area (Å²) >= 11 is 3.30. The molecule has 0 atom stereocenters. The number of hydrogen-bond donors (Lipinski definition) is 2. The van der Waals surface area contributed by atoms with Gasteiger partial charge in [0, 0.05) is 22.4 Å². The van der Waals surface area contributed by atoms with E-state index < -0.39 is 5.97 Å². The highest BCUT2D eigenvalue weighted by atomic mass is 79.9. The van der Waals surface area contributed by atoms with Crippen molar-refractivity contribution >= 4 is 21.9 Å². The maximum atomic E-state index is 10.1. The first-order valence-corrected chi connectivity index (χ1v) is 5.38. The quantitative estimate of drug-likeness (QED) is 0.701. The van der Waals surface area contributed by atoms with Gasteiger partial charge in [0.2, 0.25) is 0 Å². The van der Waals surface area contributed by atoms with Crippen molar-refractivity contribution in [2.75, 3.05) is 6.54 Å². The summed E-state index contributed by atoms with van der Waals surface area (Å²) in [5, 5.41) is 21.4. The van der Waals surface area contributed by atoms with Gasteiger partial charge in [0.05, 0.1) is 6.54 Å². The van der Waals surface area contributed by atoms with Crippen LogP contribution in [0.1, 0.15) is 12.0 Å². The van der Waals surface area contributed by atoms with Crippen molar-refractivity contribution in [2.24, 2.45) is 0 Å². The minimum Gasteiger partial charge on any atom is -0.550 e. The van der Waals surface area contributed by atoms with Crippen LogP contribution in [-0.2, 0) is 11.3 Å². The number of halogens is 1. The number of benzene rings is 1. The summed E-state index contributed by atoms with van der Waals surface area (Å²) < 4.78 is 0.892. The molecule has 0 radical (unpaired) electrons. The van der Waals surface area contributed by atoms with Gasteiger partial charge >= 0.3 is 0 Å². The Morgan fingerprint density at radius 2 is 2.27 bits per heavy atom. The Kier molecular flexibility index (Phi) is 4.58.